The first-order valence-corrected chi connectivity index (χ1v) is 8.32. The second kappa shape index (κ2) is 6.38. The molecule has 0 aliphatic carbocycles. The standard InChI is InChI=1S/C16H20N8/c1-2-12-10-14(16-21-18-11-24(16)22-12)19-13-5-8-23(9-6-13)15-4-3-7-17-20-15/h3-4,7,10-11,13,19H,2,5-6,8-9H2,1H3. The number of aromatic nitrogens is 6. The highest BCUT2D eigenvalue weighted by Gasteiger charge is 2.21. The van der Waals surface area contributed by atoms with E-state index in [0.29, 0.717) is 6.04 Å². The fraction of sp³-hybridized carbons (Fsp3) is 0.438. The van der Waals surface area contributed by atoms with Gasteiger partial charge in [0.1, 0.15) is 6.33 Å². The number of aryl methyl sites for hydroxylation is 1. The van der Waals surface area contributed by atoms with Crippen molar-refractivity contribution in [2.75, 3.05) is 23.3 Å². The van der Waals surface area contributed by atoms with Crippen LogP contribution in [0.1, 0.15) is 25.5 Å². The molecule has 0 radical (unpaired) electrons. The number of nitrogens with zero attached hydrogens (tertiary/aromatic N) is 7. The van der Waals surface area contributed by atoms with E-state index in [1.54, 1.807) is 17.0 Å². The van der Waals surface area contributed by atoms with Crippen molar-refractivity contribution in [3.63, 3.8) is 0 Å². The average molecular weight is 324 g/mol. The summed E-state index contributed by atoms with van der Waals surface area (Å²) in [6, 6.07) is 6.43. The van der Waals surface area contributed by atoms with Gasteiger partial charge in [0.25, 0.3) is 0 Å². The maximum atomic E-state index is 4.49. The fourth-order valence-electron chi connectivity index (χ4n) is 3.09. The van der Waals surface area contributed by atoms with E-state index < -0.39 is 0 Å². The molecule has 3 aromatic rings. The summed E-state index contributed by atoms with van der Waals surface area (Å²) < 4.78 is 1.75. The van der Waals surface area contributed by atoms with Gasteiger partial charge in [-0.15, -0.1) is 15.3 Å². The third kappa shape index (κ3) is 2.86. The van der Waals surface area contributed by atoms with Gasteiger partial charge in [0.15, 0.2) is 5.82 Å². The maximum absolute atomic E-state index is 4.49. The Bertz CT molecular complexity index is 807. The quantitative estimate of drug-likeness (QED) is 0.779. The van der Waals surface area contributed by atoms with Crippen molar-refractivity contribution < 1.29 is 0 Å². The molecule has 1 aliphatic heterocycles. The SMILES string of the molecule is CCc1cc(NC2CCN(c3cccnn3)CC2)c2nncn2n1. The average Bonchev–Trinajstić information content (AvgIpc) is 3.12. The fourth-order valence-corrected chi connectivity index (χ4v) is 3.09. The Hall–Kier alpha value is -2.77. The molecule has 0 amide bonds. The molecule has 0 bridgehead atoms. The predicted octanol–water partition coefficient (Wildman–Crippen LogP) is 1.56. The highest BCUT2D eigenvalue weighted by molar-refractivity contribution is 5.67. The van der Waals surface area contributed by atoms with Gasteiger partial charge in [0.05, 0.1) is 11.4 Å². The Morgan fingerprint density at radius 2 is 2.08 bits per heavy atom. The second-order valence-corrected chi connectivity index (χ2v) is 5.99. The van der Waals surface area contributed by atoms with Gasteiger partial charge in [-0.05, 0) is 37.5 Å². The van der Waals surface area contributed by atoms with E-state index in [1.807, 2.05) is 12.1 Å². The third-order valence-electron chi connectivity index (χ3n) is 4.42. The lowest BCUT2D eigenvalue weighted by atomic mass is 10.0. The van der Waals surface area contributed by atoms with Gasteiger partial charge in [-0.2, -0.15) is 14.7 Å². The van der Waals surface area contributed by atoms with Gasteiger partial charge in [-0.1, -0.05) is 6.92 Å². The van der Waals surface area contributed by atoms with Crippen molar-refractivity contribution in [3.05, 3.63) is 36.4 Å². The first kappa shape index (κ1) is 14.8. The van der Waals surface area contributed by atoms with E-state index in [1.165, 1.54) is 0 Å². The number of hydrogen-bond acceptors (Lipinski definition) is 7. The van der Waals surface area contributed by atoms with E-state index in [4.69, 9.17) is 0 Å². The number of piperidine rings is 1. The van der Waals surface area contributed by atoms with Crippen LogP contribution in [0.2, 0.25) is 0 Å². The second-order valence-electron chi connectivity index (χ2n) is 5.99. The van der Waals surface area contributed by atoms with Crippen molar-refractivity contribution in [2.45, 2.75) is 32.2 Å². The van der Waals surface area contributed by atoms with Crippen LogP contribution < -0.4 is 10.2 Å². The third-order valence-corrected chi connectivity index (χ3v) is 4.42. The summed E-state index contributed by atoms with van der Waals surface area (Å²) in [5.41, 5.74) is 2.82. The lowest BCUT2D eigenvalue weighted by molar-refractivity contribution is 0.522. The maximum Gasteiger partial charge on any atom is 0.200 e. The predicted molar refractivity (Wildman–Crippen MR) is 91.0 cm³/mol. The molecule has 3 aromatic heterocycles. The molecule has 4 heterocycles. The monoisotopic (exact) mass is 324 g/mol. The van der Waals surface area contributed by atoms with Crippen molar-refractivity contribution in [3.8, 4) is 0 Å². The van der Waals surface area contributed by atoms with Gasteiger partial charge >= 0.3 is 0 Å². The number of nitrogens with one attached hydrogen (secondary N) is 1. The molecule has 0 aromatic carbocycles. The van der Waals surface area contributed by atoms with Crippen molar-refractivity contribution in [2.24, 2.45) is 0 Å². The Morgan fingerprint density at radius 3 is 2.83 bits per heavy atom. The van der Waals surface area contributed by atoms with Crippen molar-refractivity contribution in [1.29, 1.82) is 0 Å². The molecule has 24 heavy (non-hydrogen) atoms. The zero-order valence-corrected chi connectivity index (χ0v) is 13.6. The van der Waals surface area contributed by atoms with Gasteiger partial charge in [-0.3, -0.25) is 0 Å². The van der Waals surface area contributed by atoms with E-state index in [2.05, 4.69) is 48.7 Å². The molecule has 124 valence electrons. The van der Waals surface area contributed by atoms with Crippen LogP contribution in [0.3, 0.4) is 0 Å². The highest BCUT2D eigenvalue weighted by atomic mass is 15.3. The van der Waals surface area contributed by atoms with Crippen LogP contribution in [0.15, 0.2) is 30.7 Å². The minimum atomic E-state index is 0.408. The van der Waals surface area contributed by atoms with Gasteiger partial charge in [-0.25, -0.2) is 0 Å². The molecule has 0 saturated carbocycles. The van der Waals surface area contributed by atoms with Crippen LogP contribution in [-0.2, 0) is 6.42 Å². The van der Waals surface area contributed by atoms with Crippen LogP contribution in [0, 0.1) is 0 Å². The summed E-state index contributed by atoms with van der Waals surface area (Å²) in [6.07, 6.45) is 6.32. The summed E-state index contributed by atoms with van der Waals surface area (Å²) in [6.45, 7) is 4.03. The largest absolute Gasteiger partial charge is 0.379 e. The molecular weight excluding hydrogens is 304 g/mol. The van der Waals surface area contributed by atoms with Crippen molar-refractivity contribution >= 4 is 17.2 Å². The van der Waals surface area contributed by atoms with E-state index in [9.17, 15) is 0 Å². The van der Waals surface area contributed by atoms with Crippen molar-refractivity contribution in [1.82, 2.24) is 30.0 Å². The molecule has 1 N–H and O–H groups in total. The highest BCUT2D eigenvalue weighted by Crippen LogP contribution is 2.22. The Labute approximate surface area is 139 Å². The minimum absolute atomic E-state index is 0.408. The molecule has 0 atom stereocenters. The first-order chi connectivity index (χ1) is 11.8. The zero-order chi connectivity index (χ0) is 16.4. The summed E-state index contributed by atoms with van der Waals surface area (Å²) in [5, 5.41) is 24.4. The number of rotatable bonds is 4. The lowest BCUT2D eigenvalue weighted by Gasteiger charge is -2.33. The molecule has 1 saturated heterocycles. The molecule has 4 rings (SSSR count). The van der Waals surface area contributed by atoms with E-state index >= 15 is 0 Å². The molecule has 8 nitrogen and oxygen atoms in total. The molecule has 1 fully saturated rings. The van der Waals surface area contributed by atoms with Crippen LogP contribution >= 0.6 is 0 Å². The molecule has 1 aliphatic rings. The Morgan fingerprint density at radius 1 is 1.21 bits per heavy atom. The Balaban J connectivity index is 1.47. The van der Waals surface area contributed by atoms with Gasteiger partial charge in [0, 0.05) is 25.3 Å². The summed E-state index contributed by atoms with van der Waals surface area (Å²) >= 11 is 0. The van der Waals surface area contributed by atoms with Crippen LogP contribution in [-0.4, -0.2) is 49.1 Å². The normalized spacial score (nSPS) is 15.8. The number of anilines is 2. The molecule has 8 heteroatoms. The molecule has 0 unspecified atom stereocenters. The van der Waals surface area contributed by atoms with Crippen LogP contribution in [0.4, 0.5) is 11.5 Å². The summed E-state index contributed by atoms with van der Waals surface area (Å²) in [4.78, 5) is 2.28. The van der Waals surface area contributed by atoms with Gasteiger partial charge < -0.3 is 10.2 Å². The lowest BCUT2D eigenvalue weighted by Crippen LogP contribution is -2.39. The molecule has 0 spiro atoms. The Kier molecular flexibility index (Phi) is 3.94. The number of fused-ring (bicyclic) bond motifs is 1. The van der Waals surface area contributed by atoms with E-state index in [0.717, 1.165) is 55.2 Å². The summed E-state index contributed by atoms with van der Waals surface area (Å²) in [5.74, 6) is 0.952. The first-order valence-electron chi connectivity index (χ1n) is 8.32. The minimum Gasteiger partial charge on any atom is -0.379 e. The topological polar surface area (TPSA) is 84.1 Å². The van der Waals surface area contributed by atoms with Crippen LogP contribution in [0.5, 0.6) is 0 Å². The molecular formula is C16H20N8. The van der Waals surface area contributed by atoms with Crippen LogP contribution in [0.25, 0.3) is 5.65 Å². The van der Waals surface area contributed by atoms with Gasteiger partial charge in [0.2, 0.25) is 5.65 Å². The summed E-state index contributed by atoms with van der Waals surface area (Å²) in [7, 11) is 0. The number of hydrogen-bond donors (Lipinski definition) is 1. The zero-order valence-electron chi connectivity index (χ0n) is 13.6. The smallest absolute Gasteiger partial charge is 0.200 e. The van der Waals surface area contributed by atoms with E-state index in [-0.39, 0.29) is 0 Å².